The minimum atomic E-state index is -0.0847. The van der Waals surface area contributed by atoms with Crippen molar-refractivity contribution in [1.29, 1.82) is 0 Å². The highest BCUT2D eigenvalue weighted by molar-refractivity contribution is 5.83. The van der Waals surface area contributed by atoms with Gasteiger partial charge in [-0.2, -0.15) is 0 Å². The maximum absolute atomic E-state index is 12.4. The molecule has 114 valence electrons. The number of rotatable bonds is 5. The summed E-state index contributed by atoms with van der Waals surface area (Å²) in [4.78, 5) is 12.4. The summed E-state index contributed by atoms with van der Waals surface area (Å²) in [5.41, 5.74) is 8.58. The van der Waals surface area contributed by atoms with E-state index >= 15 is 0 Å². The molecule has 0 spiro atoms. The highest BCUT2D eigenvalue weighted by atomic mass is 16.1. The average Bonchev–Trinajstić information content (AvgIpc) is 2.98. The van der Waals surface area contributed by atoms with Gasteiger partial charge in [0, 0.05) is 11.6 Å². The molecule has 2 aliphatic rings. The maximum Gasteiger partial charge on any atom is 0.227 e. The molecule has 2 saturated carbocycles. The quantitative estimate of drug-likeness (QED) is 0.874. The molecule has 3 rings (SSSR count). The Morgan fingerprint density at radius 1 is 1.38 bits per heavy atom. The first-order valence-corrected chi connectivity index (χ1v) is 8.24. The Kier molecular flexibility index (Phi) is 4.03. The van der Waals surface area contributed by atoms with Crippen molar-refractivity contribution in [1.82, 2.24) is 5.32 Å². The summed E-state index contributed by atoms with van der Waals surface area (Å²) in [5.74, 6) is 0.0754. The van der Waals surface area contributed by atoms with Crippen LogP contribution in [0.3, 0.4) is 0 Å². The molecule has 2 aliphatic carbocycles. The zero-order chi connectivity index (χ0) is 14.9. The van der Waals surface area contributed by atoms with Crippen LogP contribution in [0.25, 0.3) is 0 Å². The Bertz CT molecular complexity index is 516. The Morgan fingerprint density at radius 2 is 2.10 bits per heavy atom. The maximum atomic E-state index is 12.4. The van der Waals surface area contributed by atoms with Crippen LogP contribution in [0.4, 0.5) is 0 Å². The van der Waals surface area contributed by atoms with Gasteiger partial charge in [0.05, 0.1) is 5.92 Å². The lowest BCUT2D eigenvalue weighted by atomic mass is 9.95. The van der Waals surface area contributed by atoms with Crippen molar-refractivity contribution in [3.05, 3.63) is 35.4 Å². The number of benzene rings is 1. The van der Waals surface area contributed by atoms with Gasteiger partial charge in [-0.15, -0.1) is 0 Å². The molecule has 0 aromatic heterocycles. The molecule has 1 atom stereocenters. The Morgan fingerprint density at radius 3 is 2.76 bits per heavy atom. The number of carbonyl (C=O) groups excluding carboxylic acids is 1. The van der Waals surface area contributed by atoms with Gasteiger partial charge in [-0.3, -0.25) is 4.79 Å². The Labute approximate surface area is 127 Å². The zero-order valence-electron chi connectivity index (χ0n) is 12.9. The van der Waals surface area contributed by atoms with Crippen molar-refractivity contribution in [2.24, 2.45) is 5.73 Å². The second-order valence-corrected chi connectivity index (χ2v) is 7.00. The van der Waals surface area contributed by atoms with Crippen LogP contribution in [-0.2, 0) is 11.2 Å². The van der Waals surface area contributed by atoms with Gasteiger partial charge in [0.2, 0.25) is 5.91 Å². The van der Waals surface area contributed by atoms with Gasteiger partial charge in [0.1, 0.15) is 0 Å². The van der Waals surface area contributed by atoms with E-state index in [1.807, 2.05) is 6.92 Å². The molecule has 0 saturated heterocycles. The van der Waals surface area contributed by atoms with Gasteiger partial charge in [0.15, 0.2) is 0 Å². The Balaban J connectivity index is 1.64. The van der Waals surface area contributed by atoms with Crippen LogP contribution in [0.5, 0.6) is 0 Å². The van der Waals surface area contributed by atoms with E-state index in [1.165, 1.54) is 18.4 Å². The predicted molar refractivity (Wildman–Crippen MR) is 85.1 cm³/mol. The summed E-state index contributed by atoms with van der Waals surface area (Å²) < 4.78 is 0. The van der Waals surface area contributed by atoms with Crippen LogP contribution in [0.2, 0.25) is 0 Å². The summed E-state index contributed by atoms with van der Waals surface area (Å²) in [6.07, 6.45) is 7.92. The van der Waals surface area contributed by atoms with E-state index in [2.05, 4.69) is 29.6 Å². The number of nitrogens with two attached hydrogens (primary N) is 1. The second kappa shape index (κ2) is 5.80. The lowest BCUT2D eigenvalue weighted by Gasteiger charge is -2.18. The van der Waals surface area contributed by atoms with E-state index in [1.54, 1.807) is 0 Å². The molecule has 3 nitrogen and oxygen atoms in total. The van der Waals surface area contributed by atoms with Crippen LogP contribution in [-0.4, -0.2) is 17.5 Å². The molecular weight excluding hydrogens is 260 g/mol. The third-order valence-corrected chi connectivity index (χ3v) is 4.99. The largest absolute Gasteiger partial charge is 0.353 e. The fraction of sp³-hybridized carbons (Fsp3) is 0.611. The number of amides is 1. The summed E-state index contributed by atoms with van der Waals surface area (Å²) in [7, 11) is 0. The number of nitrogens with one attached hydrogen (secondary N) is 1. The first-order valence-electron chi connectivity index (χ1n) is 8.24. The van der Waals surface area contributed by atoms with Gasteiger partial charge in [-0.05, 0) is 50.2 Å². The SMILES string of the molecule is CC(C(=O)NC1CCCC1)c1cccc(CC2(N)CC2)c1. The van der Waals surface area contributed by atoms with E-state index in [0.29, 0.717) is 6.04 Å². The smallest absolute Gasteiger partial charge is 0.227 e. The molecule has 1 aromatic rings. The van der Waals surface area contributed by atoms with E-state index in [4.69, 9.17) is 5.73 Å². The van der Waals surface area contributed by atoms with Crippen molar-refractivity contribution >= 4 is 5.91 Å². The van der Waals surface area contributed by atoms with Crippen LogP contribution in [0.1, 0.15) is 62.5 Å². The molecule has 2 fully saturated rings. The van der Waals surface area contributed by atoms with Gasteiger partial charge in [0.25, 0.3) is 0 Å². The molecule has 3 N–H and O–H groups in total. The Hall–Kier alpha value is -1.35. The van der Waals surface area contributed by atoms with E-state index < -0.39 is 0 Å². The van der Waals surface area contributed by atoms with Gasteiger partial charge < -0.3 is 11.1 Å². The van der Waals surface area contributed by atoms with Crippen molar-refractivity contribution in [2.75, 3.05) is 0 Å². The van der Waals surface area contributed by atoms with E-state index in [0.717, 1.165) is 37.7 Å². The molecule has 0 bridgehead atoms. The van der Waals surface area contributed by atoms with Gasteiger partial charge in [-0.25, -0.2) is 0 Å². The topological polar surface area (TPSA) is 55.1 Å². The monoisotopic (exact) mass is 286 g/mol. The molecular formula is C18H26N2O. The first kappa shape index (κ1) is 14.6. The molecule has 0 aliphatic heterocycles. The van der Waals surface area contributed by atoms with E-state index in [9.17, 15) is 4.79 Å². The molecule has 3 heteroatoms. The molecule has 1 unspecified atom stereocenters. The van der Waals surface area contributed by atoms with Crippen molar-refractivity contribution < 1.29 is 4.79 Å². The zero-order valence-corrected chi connectivity index (χ0v) is 12.9. The van der Waals surface area contributed by atoms with Crippen LogP contribution >= 0.6 is 0 Å². The molecule has 0 heterocycles. The minimum absolute atomic E-state index is 0.0218. The highest BCUT2D eigenvalue weighted by Crippen LogP contribution is 2.36. The highest BCUT2D eigenvalue weighted by Gasteiger charge is 2.38. The first-order chi connectivity index (χ1) is 10.1. The second-order valence-electron chi connectivity index (χ2n) is 7.00. The van der Waals surface area contributed by atoms with E-state index in [-0.39, 0.29) is 17.4 Å². The molecule has 0 radical (unpaired) electrons. The van der Waals surface area contributed by atoms with Crippen LogP contribution < -0.4 is 11.1 Å². The van der Waals surface area contributed by atoms with Crippen molar-refractivity contribution in [2.45, 2.75) is 69.4 Å². The molecule has 1 amide bonds. The third kappa shape index (κ3) is 3.65. The van der Waals surface area contributed by atoms with Gasteiger partial charge in [-0.1, -0.05) is 37.1 Å². The summed E-state index contributed by atoms with van der Waals surface area (Å²) >= 11 is 0. The standard InChI is InChI=1S/C18H26N2O/c1-13(17(21)20-16-7-2-3-8-16)15-6-4-5-14(11-15)12-18(19)9-10-18/h4-6,11,13,16H,2-3,7-10,12,19H2,1H3,(H,20,21). The lowest BCUT2D eigenvalue weighted by molar-refractivity contribution is -0.122. The van der Waals surface area contributed by atoms with Crippen molar-refractivity contribution in [3.63, 3.8) is 0 Å². The lowest BCUT2D eigenvalue weighted by Crippen LogP contribution is -2.35. The predicted octanol–water partition coefficient (Wildman–Crippen LogP) is 2.88. The van der Waals surface area contributed by atoms with Crippen molar-refractivity contribution in [3.8, 4) is 0 Å². The summed E-state index contributed by atoms with van der Waals surface area (Å²) in [5, 5.41) is 3.19. The fourth-order valence-corrected chi connectivity index (χ4v) is 3.26. The van der Waals surface area contributed by atoms with Crippen LogP contribution in [0.15, 0.2) is 24.3 Å². The normalized spacial score (nSPS) is 22.0. The summed E-state index contributed by atoms with van der Waals surface area (Å²) in [6, 6.07) is 8.78. The fourth-order valence-electron chi connectivity index (χ4n) is 3.26. The number of hydrogen-bond donors (Lipinski definition) is 2. The number of hydrogen-bond acceptors (Lipinski definition) is 2. The molecule has 1 aromatic carbocycles. The minimum Gasteiger partial charge on any atom is -0.353 e. The number of carbonyl (C=O) groups is 1. The average molecular weight is 286 g/mol. The van der Waals surface area contributed by atoms with Gasteiger partial charge >= 0.3 is 0 Å². The van der Waals surface area contributed by atoms with Crippen LogP contribution in [0, 0.1) is 0 Å². The third-order valence-electron chi connectivity index (χ3n) is 4.99. The molecule has 21 heavy (non-hydrogen) atoms. The summed E-state index contributed by atoms with van der Waals surface area (Å²) in [6.45, 7) is 2.00.